The van der Waals surface area contributed by atoms with Gasteiger partial charge in [0, 0.05) is 36.5 Å². The maximum atomic E-state index is 13.3. The van der Waals surface area contributed by atoms with Gasteiger partial charge < -0.3 is 4.74 Å². The van der Waals surface area contributed by atoms with Gasteiger partial charge in [-0.2, -0.15) is 5.10 Å². The Morgan fingerprint density at radius 3 is 2.86 bits per heavy atom. The molecule has 3 saturated carbocycles. The molecular weight excluding hydrogens is 361 g/mol. The van der Waals surface area contributed by atoms with Crippen LogP contribution in [0.25, 0.3) is 0 Å². The quantitative estimate of drug-likeness (QED) is 0.796. The van der Waals surface area contributed by atoms with Crippen molar-refractivity contribution in [1.82, 2.24) is 20.0 Å². The number of halogens is 1. The Balaban J connectivity index is 1.21. The molecule has 2 aromatic rings. The minimum absolute atomic E-state index is 0.0190. The minimum Gasteiger partial charge on any atom is -0.477 e. The minimum atomic E-state index is -0.341. The van der Waals surface area contributed by atoms with Crippen molar-refractivity contribution in [3.63, 3.8) is 0 Å². The van der Waals surface area contributed by atoms with E-state index in [1.54, 1.807) is 42.8 Å². The van der Waals surface area contributed by atoms with E-state index in [-0.39, 0.29) is 28.6 Å². The van der Waals surface area contributed by atoms with Crippen molar-refractivity contribution < 1.29 is 13.9 Å². The molecule has 1 unspecified atom stereocenters. The van der Waals surface area contributed by atoms with Gasteiger partial charge in [-0.05, 0) is 32.3 Å². The summed E-state index contributed by atoms with van der Waals surface area (Å²) in [5, 5.41) is 5.90. The van der Waals surface area contributed by atoms with E-state index in [0.29, 0.717) is 24.6 Å². The molecule has 3 fully saturated rings. The molecule has 2 aromatic heterocycles. The number of carbonyl (C=O) groups excluding carboxylic acids is 1. The van der Waals surface area contributed by atoms with Gasteiger partial charge in [-0.3, -0.25) is 14.8 Å². The molecule has 144 valence electrons. The summed E-state index contributed by atoms with van der Waals surface area (Å²) >= 11 is 0. The summed E-state index contributed by atoms with van der Waals surface area (Å²) in [5.74, 6) is 0.150. The van der Waals surface area contributed by atoms with Crippen LogP contribution >= 0.6 is 0 Å². The highest BCUT2D eigenvalue weighted by Gasteiger charge is 2.73. The van der Waals surface area contributed by atoms with Crippen molar-refractivity contribution >= 4 is 12.1 Å². The molecular formula is C20H20FN5O2. The lowest BCUT2D eigenvalue weighted by molar-refractivity contribution is -0.227. The molecule has 3 heterocycles. The van der Waals surface area contributed by atoms with Gasteiger partial charge in [0.05, 0.1) is 29.6 Å². The van der Waals surface area contributed by atoms with Crippen LogP contribution in [0.5, 0.6) is 5.88 Å². The van der Waals surface area contributed by atoms with Gasteiger partial charge in [0.2, 0.25) is 11.8 Å². The third-order valence-corrected chi connectivity index (χ3v) is 6.08. The van der Waals surface area contributed by atoms with E-state index in [1.807, 2.05) is 0 Å². The second-order valence-electron chi connectivity index (χ2n) is 8.15. The van der Waals surface area contributed by atoms with E-state index < -0.39 is 0 Å². The van der Waals surface area contributed by atoms with Gasteiger partial charge in [0.15, 0.2) is 0 Å². The largest absolute Gasteiger partial charge is 0.477 e. The summed E-state index contributed by atoms with van der Waals surface area (Å²) in [7, 11) is 0. The van der Waals surface area contributed by atoms with E-state index >= 15 is 0 Å². The number of hydrogen-bond donors (Lipinski definition) is 0. The first-order valence-electron chi connectivity index (χ1n) is 9.38. The summed E-state index contributed by atoms with van der Waals surface area (Å²) in [4.78, 5) is 25.7. The monoisotopic (exact) mass is 381 g/mol. The average Bonchev–Trinajstić information content (AvgIpc) is 3.12. The van der Waals surface area contributed by atoms with Crippen molar-refractivity contribution in [2.75, 3.05) is 6.61 Å². The fourth-order valence-electron chi connectivity index (χ4n) is 4.79. The highest BCUT2D eigenvalue weighted by molar-refractivity contribution is 5.88. The van der Waals surface area contributed by atoms with E-state index in [1.165, 1.54) is 6.07 Å². The maximum absolute atomic E-state index is 13.3. The SMILES string of the molecule is Cc1nc(OCC23CC(C(=O)N4N=CCC4c4cnccn4)(C2)C3)ccc1F. The fourth-order valence-corrected chi connectivity index (χ4v) is 4.79. The van der Waals surface area contributed by atoms with Crippen LogP contribution in [0.2, 0.25) is 0 Å². The molecule has 0 aromatic carbocycles. The van der Waals surface area contributed by atoms with E-state index in [4.69, 9.17) is 4.74 Å². The Kier molecular flexibility index (Phi) is 3.72. The standard InChI is InChI=1S/C20H20FN5O2/c1-13-14(21)2-3-17(25-13)28-12-19-9-20(10-19,11-19)18(27)26-16(4-5-24-26)15-8-22-6-7-23-15/h2-3,5-8,16H,4,9-12H2,1H3. The molecule has 1 amide bonds. The third-order valence-electron chi connectivity index (χ3n) is 6.08. The van der Waals surface area contributed by atoms with Gasteiger partial charge in [0.25, 0.3) is 0 Å². The molecule has 6 rings (SSSR count). The summed E-state index contributed by atoms with van der Waals surface area (Å²) in [6.45, 7) is 2.11. The number of ether oxygens (including phenoxy) is 1. The molecule has 28 heavy (non-hydrogen) atoms. The highest BCUT2D eigenvalue weighted by Crippen LogP contribution is 2.74. The zero-order valence-corrected chi connectivity index (χ0v) is 15.5. The van der Waals surface area contributed by atoms with Crippen LogP contribution in [0.4, 0.5) is 4.39 Å². The van der Waals surface area contributed by atoms with Gasteiger partial charge >= 0.3 is 0 Å². The molecule has 1 aliphatic heterocycles. The van der Waals surface area contributed by atoms with Crippen LogP contribution in [-0.2, 0) is 4.79 Å². The van der Waals surface area contributed by atoms with E-state index in [9.17, 15) is 9.18 Å². The van der Waals surface area contributed by atoms with Crippen LogP contribution < -0.4 is 4.74 Å². The molecule has 3 aliphatic carbocycles. The van der Waals surface area contributed by atoms with Gasteiger partial charge in [0.1, 0.15) is 11.9 Å². The number of rotatable bonds is 5. The molecule has 7 nitrogen and oxygen atoms in total. The predicted octanol–water partition coefficient (Wildman–Crippen LogP) is 2.83. The Labute approximate surface area is 161 Å². The first-order valence-corrected chi connectivity index (χ1v) is 9.38. The lowest BCUT2D eigenvalue weighted by Gasteiger charge is -2.69. The Bertz CT molecular complexity index is 945. The predicted molar refractivity (Wildman–Crippen MR) is 97.9 cm³/mol. The highest BCUT2D eigenvalue weighted by atomic mass is 19.1. The Morgan fingerprint density at radius 1 is 1.32 bits per heavy atom. The third kappa shape index (κ3) is 2.58. The first kappa shape index (κ1) is 17.2. The lowest BCUT2D eigenvalue weighted by Crippen LogP contribution is -2.69. The van der Waals surface area contributed by atoms with Gasteiger partial charge in [-0.25, -0.2) is 14.4 Å². The molecule has 0 radical (unpaired) electrons. The van der Waals surface area contributed by atoms with Crippen LogP contribution in [0.1, 0.15) is 43.1 Å². The van der Waals surface area contributed by atoms with Crippen LogP contribution in [0.3, 0.4) is 0 Å². The van der Waals surface area contributed by atoms with Crippen LogP contribution in [0.15, 0.2) is 35.8 Å². The Morgan fingerprint density at radius 2 is 2.14 bits per heavy atom. The maximum Gasteiger partial charge on any atom is 0.249 e. The zero-order valence-electron chi connectivity index (χ0n) is 15.5. The van der Waals surface area contributed by atoms with Crippen molar-refractivity contribution in [1.29, 1.82) is 0 Å². The zero-order chi connectivity index (χ0) is 19.4. The number of aromatic nitrogens is 3. The summed E-state index contributed by atoms with van der Waals surface area (Å²) in [6.07, 6.45) is 9.74. The van der Waals surface area contributed by atoms with Crippen molar-refractivity contribution in [3.05, 3.63) is 47.9 Å². The molecule has 0 saturated heterocycles. The number of pyridine rings is 1. The lowest BCUT2D eigenvalue weighted by atomic mass is 9.35. The van der Waals surface area contributed by atoms with Gasteiger partial charge in [-0.15, -0.1) is 0 Å². The fraction of sp³-hybridized carbons (Fsp3) is 0.450. The molecule has 4 aliphatic rings. The van der Waals surface area contributed by atoms with E-state index in [0.717, 1.165) is 25.0 Å². The summed E-state index contributed by atoms with van der Waals surface area (Å²) in [5.41, 5.74) is 0.766. The number of hydrogen-bond acceptors (Lipinski definition) is 6. The number of hydrazone groups is 1. The first-order chi connectivity index (χ1) is 13.5. The molecule has 0 spiro atoms. The molecule has 1 atom stereocenters. The molecule has 8 heteroatoms. The summed E-state index contributed by atoms with van der Waals surface area (Å²) < 4.78 is 19.1. The number of nitrogens with zero attached hydrogens (tertiary/aromatic N) is 5. The topological polar surface area (TPSA) is 80.6 Å². The molecule has 0 N–H and O–H groups in total. The summed E-state index contributed by atoms with van der Waals surface area (Å²) in [6, 6.07) is 2.73. The normalized spacial score (nSPS) is 29.9. The van der Waals surface area contributed by atoms with E-state index in [2.05, 4.69) is 20.1 Å². The number of amides is 1. The van der Waals surface area contributed by atoms with Crippen LogP contribution in [0, 0.1) is 23.6 Å². The average molecular weight is 381 g/mol. The van der Waals surface area contributed by atoms with Crippen molar-refractivity contribution in [2.24, 2.45) is 15.9 Å². The smallest absolute Gasteiger partial charge is 0.249 e. The molecule has 2 bridgehead atoms. The second kappa shape index (κ2) is 6.05. The number of carbonyl (C=O) groups is 1. The van der Waals surface area contributed by atoms with Crippen LogP contribution in [-0.4, -0.2) is 38.7 Å². The second-order valence-corrected chi connectivity index (χ2v) is 8.15. The van der Waals surface area contributed by atoms with Crippen molar-refractivity contribution in [2.45, 2.75) is 38.6 Å². The Hall–Kier alpha value is -2.90. The van der Waals surface area contributed by atoms with Crippen molar-refractivity contribution in [3.8, 4) is 5.88 Å². The number of aryl methyl sites for hydroxylation is 1. The van der Waals surface area contributed by atoms with Gasteiger partial charge in [-0.1, -0.05) is 0 Å².